The van der Waals surface area contributed by atoms with Crippen molar-refractivity contribution in [3.05, 3.63) is 61.1 Å². The van der Waals surface area contributed by atoms with Crippen molar-refractivity contribution in [2.75, 3.05) is 13.7 Å². The molecule has 0 unspecified atom stereocenters. The van der Waals surface area contributed by atoms with Gasteiger partial charge < -0.3 is 14.2 Å². The number of esters is 2. The molecule has 7 nitrogen and oxygen atoms in total. The number of pyridine rings is 1. The smallest absolute Gasteiger partial charge is 0.357 e. The molecule has 2 aromatic heterocycles. The van der Waals surface area contributed by atoms with E-state index in [2.05, 4.69) is 9.97 Å². The number of methoxy groups -OCH3 is 1. The Labute approximate surface area is 266 Å². The average Bonchev–Trinajstić information content (AvgIpc) is 3.30. The first-order valence-electron chi connectivity index (χ1n) is 14.0. The minimum atomic E-state index is -0.500. The van der Waals surface area contributed by atoms with Crippen molar-refractivity contribution in [3.8, 4) is 17.0 Å². The van der Waals surface area contributed by atoms with E-state index in [4.69, 9.17) is 49.0 Å². The van der Waals surface area contributed by atoms with Gasteiger partial charge in [0, 0.05) is 23.1 Å². The molecular formula is C31H37Cl3N2O5S. The van der Waals surface area contributed by atoms with Gasteiger partial charge in [-0.3, -0.25) is 9.78 Å². The summed E-state index contributed by atoms with van der Waals surface area (Å²) in [6, 6.07) is 7.37. The van der Waals surface area contributed by atoms with Gasteiger partial charge in [0.25, 0.3) is 0 Å². The van der Waals surface area contributed by atoms with Crippen LogP contribution in [0.4, 0.5) is 0 Å². The number of aryl methyl sites for hydroxylation is 2. The summed E-state index contributed by atoms with van der Waals surface area (Å²) < 4.78 is 16.3. The molecule has 0 aliphatic heterocycles. The van der Waals surface area contributed by atoms with Crippen LogP contribution in [0.1, 0.15) is 86.6 Å². The van der Waals surface area contributed by atoms with E-state index in [-0.39, 0.29) is 11.7 Å². The maximum Gasteiger partial charge on any atom is 0.357 e. The van der Waals surface area contributed by atoms with Crippen molar-refractivity contribution in [1.29, 1.82) is 0 Å². The van der Waals surface area contributed by atoms with Crippen LogP contribution in [0.2, 0.25) is 14.5 Å². The molecule has 3 rings (SSSR count). The highest BCUT2D eigenvalue weighted by molar-refractivity contribution is 7.16. The lowest BCUT2D eigenvalue weighted by Gasteiger charge is -2.19. The molecule has 0 N–H and O–H groups in total. The summed E-state index contributed by atoms with van der Waals surface area (Å²) in [6.07, 6.45) is 9.46. The maximum absolute atomic E-state index is 11.9. The number of carbonyl (C=O) groups is 2. The second kappa shape index (κ2) is 16.5. The Morgan fingerprint density at radius 3 is 2.36 bits per heavy atom. The second-order valence-corrected chi connectivity index (χ2v) is 13.3. The number of ether oxygens (including phenoxy) is 3. The molecule has 3 aromatic rings. The fourth-order valence-corrected chi connectivity index (χ4v) is 6.01. The topological polar surface area (TPSA) is 87.6 Å². The lowest BCUT2D eigenvalue weighted by atomic mass is 10.0. The maximum atomic E-state index is 11.9. The SMILES string of the molecule is COC(=O)c1nc(Cl)sc1CCCOc1ccc(-c2ncc(CCCCCCCC(=O)OC(C)(C)C)cc2Cl)c(Cl)c1. The van der Waals surface area contributed by atoms with Crippen molar-refractivity contribution in [2.45, 2.75) is 84.2 Å². The van der Waals surface area contributed by atoms with E-state index < -0.39 is 11.6 Å². The Morgan fingerprint density at radius 2 is 1.67 bits per heavy atom. The predicted octanol–water partition coefficient (Wildman–Crippen LogP) is 9.19. The highest BCUT2D eigenvalue weighted by Crippen LogP contribution is 2.34. The number of benzene rings is 1. The molecule has 0 saturated heterocycles. The van der Waals surface area contributed by atoms with E-state index in [1.165, 1.54) is 18.4 Å². The van der Waals surface area contributed by atoms with E-state index in [1.807, 2.05) is 45.2 Å². The van der Waals surface area contributed by atoms with Crippen molar-refractivity contribution in [2.24, 2.45) is 0 Å². The van der Waals surface area contributed by atoms with Crippen LogP contribution in [-0.2, 0) is 27.1 Å². The first kappa shape index (κ1) is 34.1. The van der Waals surface area contributed by atoms with Gasteiger partial charge in [0.05, 0.1) is 29.5 Å². The highest BCUT2D eigenvalue weighted by atomic mass is 35.5. The lowest BCUT2D eigenvalue weighted by molar-refractivity contribution is -0.154. The number of hydrogen-bond acceptors (Lipinski definition) is 8. The van der Waals surface area contributed by atoms with Gasteiger partial charge in [-0.2, -0.15) is 0 Å². The first-order chi connectivity index (χ1) is 20.0. The third-order valence-corrected chi connectivity index (χ3v) is 8.05. The molecule has 0 saturated carbocycles. The minimum Gasteiger partial charge on any atom is -0.494 e. The number of rotatable bonds is 15. The molecule has 0 aliphatic carbocycles. The van der Waals surface area contributed by atoms with Gasteiger partial charge in [-0.1, -0.05) is 54.1 Å². The van der Waals surface area contributed by atoms with Crippen LogP contribution in [0.5, 0.6) is 5.75 Å². The third-order valence-electron chi connectivity index (χ3n) is 6.23. The molecule has 0 amide bonds. The molecule has 0 bridgehead atoms. The second-order valence-electron chi connectivity index (χ2n) is 10.9. The number of unbranched alkanes of at least 4 members (excludes halogenated alkanes) is 4. The highest BCUT2D eigenvalue weighted by Gasteiger charge is 2.18. The molecular weight excluding hydrogens is 619 g/mol. The number of hydrogen-bond donors (Lipinski definition) is 0. The normalized spacial score (nSPS) is 11.4. The van der Waals surface area contributed by atoms with E-state index in [9.17, 15) is 9.59 Å². The zero-order valence-electron chi connectivity index (χ0n) is 24.4. The Hall–Kier alpha value is -2.39. The number of carbonyl (C=O) groups excluding carboxylic acids is 2. The van der Waals surface area contributed by atoms with E-state index >= 15 is 0 Å². The summed E-state index contributed by atoms with van der Waals surface area (Å²) in [6.45, 7) is 6.08. The predicted molar refractivity (Wildman–Crippen MR) is 169 cm³/mol. The summed E-state index contributed by atoms with van der Waals surface area (Å²) in [7, 11) is 1.31. The number of nitrogens with zero attached hydrogens (tertiary/aromatic N) is 2. The Morgan fingerprint density at radius 1 is 0.929 bits per heavy atom. The number of halogens is 3. The summed E-state index contributed by atoms with van der Waals surface area (Å²) in [4.78, 5) is 33.1. The minimum absolute atomic E-state index is 0.129. The summed E-state index contributed by atoms with van der Waals surface area (Å²) in [5, 5.41) is 1.04. The van der Waals surface area contributed by atoms with Crippen molar-refractivity contribution in [3.63, 3.8) is 0 Å². The monoisotopic (exact) mass is 654 g/mol. The Kier molecular flexibility index (Phi) is 13.4. The van der Waals surface area contributed by atoms with Gasteiger partial charge >= 0.3 is 11.9 Å². The van der Waals surface area contributed by atoms with Crippen molar-refractivity contribution in [1.82, 2.24) is 9.97 Å². The fraction of sp³-hybridized carbons (Fsp3) is 0.484. The number of thiazole rings is 1. The van der Waals surface area contributed by atoms with Crippen LogP contribution in [0.3, 0.4) is 0 Å². The van der Waals surface area contributed by atoms with Gasteiger partial charge in [-0.05, 0) is 82.7 Å². The van der Waals surface area contributed by atoms with Gasteiger partial charge in [0.2, 0.25) is 0 Å². The van der Waals surface area contributed by atoms with Crippen molar-refractivity contribution < 1.29 is 23.8 Å². The summed E-state index contributed by atoms with van der Waals surface area (Å²) in [5.74, 6) is -0.00479. The third kappa shape index (κ3) is 11.0. The van der Waals surface area contributed by atoms with Gasteiger partial charge in [0.1, 0.15) is 11.4 Å². The van der Waals surface area contributed by atoms with Gasteiger partial charge in [0.15, 0.2) is 10.2 Å². The van der Waals surface area contributed by atoms with E-state index in [0.29, 0.717) is 51.8 Å². The zero-order chi connectivity index (χ0) is 30.7. The van der Waals surface area contributed by atoms with Gasteiger partial charge in [-0.25, -0.2) is 9.78 Å². The molecule has 1 aromatic carbocycles. The molecule has 0 radical (unpaired) electrons. The fourth-order valence-electron chi connectivity index (χ4n) is 4.28. The molecule has 42 heavy (non-hydrogen) atoms. The molecule has 2 heterocycles. The number of aromatic nitrogens is 2. The molecule has 0 fully saturated rings. The molecule has 11 heteroatoms. The van der Waals surface area contributed by atoms with Crippen LogP contribution in [0, 0.1) is 0 Å². The quantitative estimate of drug-likeness (QED) is 0.119. The van der Waals surface area contributed by atoms with Crippen LogP contribution in [-0.4, -0.2) is 41.2 Å². The van der Waals surface area contributed by atoms with Crippen LogP contribution < -0.4 is 4.74 Å². The summed E-state index contributed by atoms with van der Waals surface area (Å²) in [5.41, 5.74) is 2.25. The standard InChI is InChI=1S/C31H37Cl3N2O5S/c1-31(2,3)41-26(37)13-9-7-5-6-8-11-20-17-24(33)27(35-19-20)22-15-14-21(18-23(22)32)40-16-10-12-25-28(29(38)39-4)36-30(34)42-25/h14-15,17-19H,5-13,16H2,1-4H3. The van der Waals surface area contributed by atoms with E-state index in [1.54, 1.807) is 6.07 Å². The molecule has 0 atom stereocenters. The van der Waals surface area contributed by atoms with Gasteiger partial charge in [-0.15, -0.1) is 11.3 Å². The Bertz CT molecular complexity index is 1360. The molecule has 228 valence electrons. The van der Waals surface area contributed by atoms with Crippen molar-refractivity contribution >= 4 is 58.1 Å². The van der Waals surface area contributed by atoms with Crippen LogP contribution in [0.15, 0.2) is 30.5 Å². The largest absolute Gasteiger partial charge is 0.494 e. The van der Waals surface area contributed by atoms with Crippen LogP contribution in [0.25, 0.3) is 11.3 Å². The molecule has 0 aliphatic rings. The summed E-state index contributed by atoms with van der Waals surface area (Å²) >= 11 is 20.4. The molecule has 0 spiro atoms. The lowest BCUT2D eigenvalue weighted by Crippen LogP contribution is -2.23. The zero-order valence-corrected chi connectivity index (χ0v) is 27.5. The average molecular weight is 656 g/mol. The Balaban J connectivity index is 1.42. The van der Waals surface area contributed by atoms with E-state index in [0.717, 1.165) is 54.5 Å². The van der Waals surface area contributed by atoms with Crippen LogP contribution >= 0.6 is 46.1 Å². The first-order valence-corrected chi connectivity index (χ1v) is 15.9.